The molecule has 0 saturated carbocycles. The average Bonchev–Trinajstić information content (AvgIpc) is 1.62. The molecule has 0 aliphatic carbocycles. The number of alkyl halides is 3. The van der Waals surface area contributed by atoms with Crippen molar-refractivity contribution in [1.82, 2.24) is 135 Å². The Hall–Kier alpha value is -16.2. The largest absolute Gasteiger partial charge is 0.405 e. The number of piperidine rings is 1. The number of halogens is 3. The highest BCUT2D eigenvalue weighted by Gasteiger charge is 2.42. The van der Waals surface area contributed by atoms with Gasteiger partial charge in [0, 0.05) is 204 Å². The highest BCUT2D eigenvalue weighted by Crippen LogP contribution is 2.34. The molecule has 1 N–H and O–H groups in total. The SMILES string of the molecule is CCN1CC=C(c2cn3c(=O)cc(-c4ccc5nc(C)cn5n4)nc3cn2)CC1.CCN1CCN(c2ccc3nc(-c4cc(C)c5c(cnn5C)c4)cc(=O)n3c2)CC1.CN1CCC(c2ccc3nc(-c4ccc(N(C)C)nc4)cc(=O)n3c2)CC1.Cc1cn2nc(-c3cc(=O)n4cc(N5CCN(C)CC5)ccc4n3)cc2c(N(C)C)n1.Cc1cn2nc(-c3cc(=O)n4cc(N5CCNC(C(F)(F)F)C5)ccc4n3)cc2c(C)n1. The van der Waals surface area contributed by atoms with Crippen LogP contribution in [0.5, 0.6) is 0 Å². The van der Waals surface area contributed by atoms with Crippen molar-refractivity contribution in [3.8, 4) is 56.7 Å². The van der Waals surface area contributed by atoms with Crippen molar-refractivity contribution in [2.24, 2.45) is 7.05 Å². The summed E-state index contributed by atoms with van der Waals surface area (Å²) in [5, 5.41) is 21.6. The highest BCUT2D eigenvalue weighted by molar-refractivity contribution is 5.87. The van der Waals surface area contributed by atoms with E-state index in [9.17, 15) is 37.1 Å². The summed E-state index contributed by atoms with van der Waals surface area (Å²) in [5.41, 5.74) is 22.5. The Morgan fingerprint density at radius 1 is 0.409 bits per heavy atom. The molecule has 5 aliphatic heterocycles. The number of hydrogen-bond donors (Lipinski definition) is 1. The maximum Gasteiger partial charge on any atom is 0.405 e. The van der Waals surface area contributed by atoms with Gasteiger partial charge in [-0.25, -0.2) is 53.4 Å². The lowest BCUT2D eigenvalue weighted by Crippen LogP contribution is -2.57. The van der Waals surface area contributed by atoms with E-state index in [1.54, 1.807) is 91.2 Å². The van der Waals surface area contributed by atoms with Gasteiger partial charge < -0.3 is 44.5 Å². The van der Waals surface area contributed by atoms with Crippen LogP contribution < -0.4 is 57.6 Å². The second-order valence-electron chi connectivity index (χ2n) is 39.1. The molecule has 4 fully saturated rings. The molecule has 41 heteroatoms. The highest BCUT2D eigenvalue weighted by atomic mass is 19.4. The molecule has 149 heavy (non-hydrogen) atoms. The van der Waals surface area contributed by atoms with Gasteiger partial charge in [0.15, 0.2) is 17.1 Å². The molecule has 0 bridgehead atoms. The lowest BCUT2D eigenvalue weighted by atomic mass is 9.91. The van der Waals surface area contributed by atoms with Crippen LogP contribution in [0.3, 0.4) is 0 Å². The molecule has 0 spiro atoms. The number of likely N-dealkylation sites (N-methyl/N-ethyl adjacent to an activating group) is 3. The van der Waals surface area contributed by atoms with Crippen molar-refractivity contribution in [2.45, 2.75) is 85.9 Å². The van der Waals surface area contributed by atoms with Crippen molar-refractivity contribution in [2.75, 3.05) is 178 Å². The maximum atomic E-state index is 13.1. The number of aryl methyl sites for hydroxylation is 6. The Bertz CT molecular complexity index is 8650. The van der Waals surface area contributed by atoms with Crippen LogP contribution in [0.2, 0.25) is 0 Å². The van der Waals surface area contributed by atoms with Gasteiger partial charge in [-0.15, -0.1) is 0 Å². The lowest BCUT2D eigenvalue weighted by Gasteiger charge is -2.36. The Labute approximate surface area is 854 Å². The first-order valence-electron chi connectivity index (χ1n) is 50.1. The molecule has 5 aliphatic rings. The van der Waals surface area contributed by atoms with Crippen LogP contribution in [-0.4, -0.2) is 296 Å². The van der Waals surface area contributed by atoms with Gasteiger partial charge >= 0.3 is 6.18 Å². The Kier molecular flexibility index (Phi) is 28.2. The average molecular weight is 2020 g/mol. The number of likely N-dealkylation sites (tertiary alicyclic amines) is 1. The van der Waals surface area contributed by atoms with Crippen LogP contribution in [-0.2, 0) is 7.05 Å². The van der Waals surface area contributed by atoms with Crippen molar-refractivity contribution in [3.05, 3.63) is 293 Å². The number of rotatable bonds is 14. The number of hydrogen-bond acceptors (Lipinski definition) is 29. The first kappa shape index (κ1) is 100. The predicted octanol–water partition coefficient (Wildman–Crippen LogP) is 11.4. The molecule has 1 atom stereocenters. The summed E-state index contributed by atoms with van der Waals surface area (Å²) < 4.78 is 54.2. The summed E-state index contributed by atoms with van der Waals surface area (Å²) in [5.74, 6) is 2.21. The molecule has 24 rings (SSSR count). The molecule has 766 valence electrons. The molecular formula is C108H118F3N33O5. The van der Waals surface area contributed by atoms with E-state index >= 15 is 0 Å². The number of aromatic nitrogens is 23. The minimum Gasteiger partial charge on any atom is -0.368 e. The van der Waals surface area contributed by atoms with Crippen molar-refractivity contribution in [1.29, 1.82) is 0 Å². The summed E-state index contributed by atoms with van der Waals surface area (Å²) >= 11 is 0. The Morgan fingerprint density at radius 3 is 1.50 bits per heavy atom. The molecule has 23 heterocycles. The van der Waals surface area contributed by atoms with Crippen molar-refractivity contribution in [3.63, 3.8) is 0 Å². The fourth-order valence-electron chi connectivity index (χ4n) is 19.8. The lowest BCUT2D eigenvalue weighted by molar-refractivity contribution is -0.155. The van der Waals surface area contributed by atoms with Crippen LogP contribution in [0.15, 0.2) is 226 Å². The topological polar surface area (TPSA) is 347 Å². The third-order valence-electron chi connectivity index (χ3n) is 28.2. The van der Waals surface area contributed by atoms with Gasteiger partial charge in [0.1, 0.15) is 57.0 Å². The van der Waals surface area contributed by atoms with Crippen LogP contribution in [0.1, 0.15) is 78.6 Å². The van der Waals surface area contributed by atoms with Crippen molar-refractivity contribution >= 4 is 90.1 Å². The number of piperazine rings is 3. The van der Waals surface area contributed by atoms with Crippen molar-refractivity contribution < 1.29 is 13.2 Å². The Balaban J connectivity index is 0.000000113. The Morgan fingerprint density at radius 2 is 0.919 bits per heavy atom. The number of benzene rings is 1. The number of fused-ring (bicyclic) bond motifs is 9. The third-order valence-corrected chi connectivity index (χ3v) is 28.2. The quantitative estimate of drug-likeness (QED) is 0.106. The molecule has 18 aromatic heterocycles. The summed E-state index contributed by atoms with van der Waals surface area (Å²) in [6.45, 7) is 28.7. The van der Waals surface area contributed by atoms with E-state index in [-0.39, 0.29) is 40.9 Å². The van der Waals surface area contributed by atoms with E-state index < -0.39 is 12.2 Å². The maximum absolute atomic E-state index is 13.1. The molecule has 19 aromatic rings. The first-order valence-corrected chi connectivity index (χ1v) is 50.1. The molecule has 0 amide bonds. The fourth-order valence-corrected chi connectivity index (χ4v) is 19.8. The zero-order chi connectivity index (χ0) is 104. The molecular weight excluding hydrogens is 1900 g/mol. The van der Waals surface area contributed by atoms with E-state index in [1.165, 1.54) is 33.9 Å². The first-order chi connectivity index (χ1) is 71.7. The van der Waals surface area contributed by atoms with E-state index in [4.69, 9.17) is 9.97 Å². The molecule has 4 saturated heterocycles. The predicted molar refractivity (Wildman–Crippen MR) is 575 cm³/mol. The van der Waals surface area contributed by atoms with Gasteiger partial charge in [0.2, 0.25) is 0 Å². The molecule has 0 radical (unpaired) electrons. The monoisotopic (exact) mass is 2010 g/mol. The number of imidazole rings is 1. The summed E-state index contributed by atoms with van der Waals surface area (Å²) in [4.78, 5) is 130. The second kappa shape index (κ2) is 41.9. The number of nitrogens with zero attached hydrogens (tertiary/aromatic N) is 32. The van der Waals surface area contributed by atoms with Crippen LogP contribution in [0, 0.1) is 34.6 Å². The zero-order valence-electron chi connectivity index (χ0n) is 85.8. The smallest absolute Gasteiger partial charge is 0.368 e. The van der Waals surface area contributed by atoms with Gasteiger partial charge in [0.05, 0.1) is 116 Å². The van der Waals surface area contributed by atoms with Gasteiger partial charge in [-0.1, -0.05) is 26.0 Å². The molecule has 1 aromatic carbocycles. The summed E-state index contributed by atoms with van der Waals surface area (Å²) in [7, 11) is 14.0. The van der Waals surface area contributed by atoms with E-state index in [1.807, 2.05) is 175 Å². The normalized spacial score (nSPS) is 15.8. The summed E-state index contributed by atoms with van der Waals surface area (Å²) in [6.07, 6.45) is 21.0. The van der Waals surface area contributed by atoms with Crippen LogP contribution >= 0.6 is 0 Å². The number of nitrogens with one attached hydrogen (secondary N) is 1. The standard InChI is InChI=1S/C23H26N6O.C22H26N8O.C21H20F3N7O.C21H21N7O.C21H25N5O/c1-4-27-7-9-28(10-8-27)19-5-6-21-25-20(13-22(30)29(21)15-19)17-11-16(2)23-18(12-17)14-24-26(23)3;1-15-13-30-19(22(23-15)26(2)3)11-18(25-30)17-12-21(31)29-14-16(5-6-20(29)24-17)28-9-7-27(4)8-10-28;1-12-9-31-17(13(2)26-12)7-16(28-31)15-8-20(32)30-10-14(3-4-19(30)27-15)29-6-5-25-18(11-29)21(22,23)24;1-3-26-8-6-15(7-9-26)18-13-27-20(11-22-18)24-17(10-21(27)29)16-4-5-19-23-14(2)12-28(19)25-16;1-24(2)19-6-4-16(13-22-19)18-12-21(27)26-14-17(5-7-20(26)23-18)15-8-10-25(3)11-9-15/h5-6,11-15H,4,7-10H2,1-3H3;5-6,11-14H,7-10H2,1-4H3;3-4,7-10,18,25H,5-6,11H2,1-2H3;4-6,10-13H,3,7-9H2,1-2H3;4-7,12-15H,8-11H2,1-3H3. The zero-order valence-corrected chi connectivity index (χ0v) is 85.8. The van der Waals surface area contributed by atoms with E-state index in [0.29, 0.717) is 91.9 Å². The number of pyridine rings is 5. The van der Waals surface area contributed by atoms with Gasteiger partial charge in [-0.3, -0.25) is 65.5 Å². The van der Waals surface area contributed by atoms with Gasteiger partial charge in [-0.05, 0) is 208 Å². The summed E-state index contributed by atoms with van der Waals surface area (Å²) in [6, 6.07) is 36.9. The van der Waals surface area contributed by atoms with Crippen LogP contribution in [0.25, 0.3) is 118 Å². The van der Waals surface area contributed by atoms with Crippen LogP contribution in [0.4, 0.5) is 41.9 Å². The van der Waals surface area contributed by atoms with Gasteiger partial charge in [0.25, 0.3) is 27.8 Å². The minimum absolute atomic E-state index is 0.0542. The second-order valence-corrected chi connectivity index (χ2v) is 39.1. The number of anilines is 5. The fraction of sp³-hybridized carbons (Fsp3) is 0.343. The van der Waals surface area contributed by atoms with E-state index in [0.717, 1.165) is 207 Å². The van der Waals surface area contributed by atoms with E-state index in [2.05, 4.69) is 160 Å². The molecule has 38 nitrogen and oxygen atoms in total. The molecule has 1 unspecified atom stereocenters. The minimum atomic E-state index is -4.33. The van der Waals surface area contributed by atoms with Gasteiger partial charge in [-0.2, -0.15) is 33.6 Å². The third kappa shape index (κ3) is 21.6.